The van der Waals surface area contributed by atoms with Crippen molar-refractivity contribution in [3.8, 4) is 0 Å². The molecule has 0 aliphatic carbocycles. The Morgan fingerprint density at radius 2 is 2.16 bits per heavy atom. The molecule has 0 radical (unpaired) electrons. The number of amides is 1. The van der Waals surface area contributed by atoms with Gasteiger partial charge in [-0.2, -0.15) is 5.10 Å². The number of rotatable bonds is 5. The lowest BCUT2D eigenvalue weighted by Gasteiger charge is -2.35. The zero-order valence-corrected chi connectivity index (χ0v) is 18.1. The van der Waals surface area contributed by atoms with Crippen LogP contribution in [0.15, 0.2) is 17.4 Å². The number of anilines is 1. The number of carbonyl (C=O) groups is 1. The minimum Gasteiger partial charge on any atom is -0.355 e. The number of aryl methyl sites for hydroxylation is 1. The zero-order valence-electron chi connectivity index (χ0n) is 15.8. The highest BCUT2D eigenvalue weighted by molar-refractivity contribution is 14.0. The molecule has 9 heteroatoms. The van der Waals surface area contributed by atoms with E-state index >= 15 is 0 Å². The van der Waals surface area contributed by atoms with E-state index < -0.39 is 0 Å². The van der Waals surface area contributed by atoms with Crippen LogP contribution in [-0.4, -0.2) is 84.3 Å². The van der Waals surface area contributed by atoms with Gasteiger partial charge in [0.25, 0.3) is 0 Å². The first-order valence-corrected chi connectivity index (χ1v) is 8.37. The van der Waals surface area contributed by atoms with Crippen LogP contribution in [0.5, 0.6) is 0 Å². The largest absolute Gasteiger partial charge is 0.355 e. The van der Waals surface area contributed by atoms with Crippen LogP contribution >= 0.6 is 24.0 Å². The SMILES string of the molecule is CN=C(NCCN(C)C(C)C)N1CCN(c2cnn(C)c2)C(=O)C1.I. The molecule has 0 unspecified atom stereocenters. The van der Waals surface area contributed by atoms with E-state index in [9.17, 15) is 4.79 Å². The van der Waals surface area contributed by atoms with Gasteiger partial charge in [0.05, 0.1) is 11.9 Å². The van der Waals surface area contributed by atoms with Crippen molar-refractivity contribution in [2.45, 2.75) is 19.9 Å². The quantitative estimate of drug-likeness (QED) is 0.394. The van der Waals surface area contributed by atoms with Crippen molar-refractivity contribution in [3.63, 3.8) is 0 Å². The van der Waals surface area contributed by atoms with Crippen LogP contribution in [0.4, 0.5) is 5.69 Å². The normalized spacial score (nSPS) is 15.8. The van der Waals surface area contributed by atoms with E-state index in [1.54, 1.807) is 22.8 Å². The average molecular weight is 463 g/mol. The van der Waals surface area contributed by atoms with Gasteiger partial charge in [-0.15, -0.1) is 24.0 Å². The molecule has 8 nitrogen and oxygen atoms in total. The van der Waals surface area contributed by atoms with E-state index in [0.717, 1.165) is 31.3 Å². The third kappa shape index (κ3) is 5.84. The second-order valence-electron chi connectivity index (χ2n) is 6.39. The molecule has 0 saturated carbocycles. The van der Waals surface area contributed by atoms with Crippen LogP contribution in [0.2, 0.25) is 0 Å². The molecular weight excluding hydrogens is 433 g/mol. The fraction of sp³-hybridized carbons (Fsp3) is 0.688. The van der Waals surface area contributed by atoms with Crippen molar-refractivity contribution >= 4 is 41.5 Å². The minimum atomic E-state index is 0. The topological polar surface area (TPSA) is 69.0 Å². The fourth-order valence-corrected chi connectivity index (χ4v) is 2.61. The first kappa shape index (κ1) is 21.7. The van der Waals surface area contributed by atoms with Gasteiger partial charge in [-0.3, -0.25) is 14.5 Å². The lowest BCUT2D eigenvalue weighted by Crippen LogP contribution is -2.56. The van der Waals surface area contributed by atoms with Gasteiger partial charge in [-0.25, -0.2) is 0 Å². The number of aromatic nitrogens is 2. The lowest BCUT2D eigenvalue weighted by atomic mass is 10.3. The predicted molar refractivity (Wildman–Crippen MR) is 112 cm³/mol. The fourth-order valence-electron chi connectivity index (χ4n) is 2.61. The second-order valence-corrected chi connectivity index (χ2v) is 6.39. The van der Waals surface area contributed by atoms with Gasteiger partial charge in [0.1, 0.15) is 6.54 Å². The summed E-state index contributed by atoms with van der Waals surface area (Å²) in [7, 11) is 5.71. The summed E-state index contributed by atoms with van der Waals surface area (Å²) in [5, 5.41) is 7.49. The van der Waals surface area contributed by atoms with Crippen LogP contribution in [0.1, 0.15) is 13.8 Å². The molecule has 0 aromatic carbocycles. The number of hydrogen-bond acceptors (Lipinski definition) is 4. The minimum absolute atomic E-state index is 0. The maximum absolute atomic E-state index is 12.5. The molecule has 1 aromatic rings. The van der Waals surface area contributed by atoms with E-state index in [4.69, 9.17) is 0 Å². The summed E-state index contributed by atoms with van der Waals surface area (Å²) in [5.74, 6) is 0.850. The molecule has 1 aliphatic heterocycles. The summed E-state index contributed by atoms with van der Waals surface area (Å²) in [6, 6.07) is 0.512. The lowest BCUT2D eigenvalue weighted by molar-refractivity contribution is -0.120. The molecule has 1 amide bonds. The maximum Gasteiger partial charge on any atom is 0.246 e. The van der Waals surface area contributed by atoms with Gasteiger partial charge in [0.2, 0.25) is 5.91 Å². The van der Waals surface area contributed by atoms with Crippen molar-refractivity contribution in [1.82, 2.24) is 24.9 Å². The molecule has 142 valence electrons. The maximum atomic E-state index is 12.5. The van der Waals surface area contributed by atoms with Crippen molar-refractivity contribution in [2.75, 3.05) is 51.7 Å². The number of halogens is 1. The van der Waals surface area contributed by atoms with Crippen molar-refractivity contribution in [3.05, 3.63) is 12.4 Å². The Hall–Kier alpha value is -1.36. The summed E-state index contributed by atoms with van der Waals surface area (Å²) in [5.41, 5.74) is 0.851. The standard InChI is InChI=1S/C16H29N7O.HI/c1-13(2)20(4)7-6-18-16(17-3)22-8-9-23(15(24)12-22)14-10-19-21(5)11-14;/h10-11,13H,6-9,12H2,1-5H3,(H,17,18);1H. The molecule has 1 saturated heterocycles. The molecule has 1 aliphatic rings. The highest BCUT2D eigenvalue weighted by Crippen LogP contribution is 2.15. The Morgan fingerprint density at radius 1 is 1.44 bits per heavy atom. The molecule has 0 bridgehead atoms. The summed E-state index contributed by atoms with van der Waals surface area (Å²) >= 11 is 0. The van der Waals surface area contributed by atoms with Gasteiger partial charge >= 0.3 is 0 Å². The van der Waals surface area contributed by atoms with Gasteiger partial charge in [-0.1, -0.05) is 0 Å². The van der Waals surface area contributed by atoms with E-state index in [1.807, 2.05) is 18.1 Å². The molecule has 1 fully saturated rings. The number of guanidine groups is 1. The Labute approximate surface area is 167 Å². The summed E-state index contributed by atoms with van der Waals surface area (Å²) < 4.78 is 1.71. The number of piperazine rings is 1. The van der Waals surface area contributed by atoms with Gasteiger partial charge < -0.3 is 20.0 Å². The molecule has 1 N–H and O–H groups in total. The highest BCUT2D eigenvalue weighted by atomic mass is 127. The molecule has 2 heterocycles. The Morgan fingerprint density at radius 3 is 2.68 bits per heavy atom. The molecule has 2 rings (SSSR count). The molecule has 25 heavy (non-hydrogen) atoms. The first-order chi connectivity index (χ1) is 11.4. The summed E-state index contributed by atoms with van der Waals surface area (Å²) in [6.45, 7) is 7.79. The molecule has 1 aromatic heterocycles. The van der Waals surface area contributed by atoms with Gasteiger partial charge in [0.15, 0.2) is 5.96 Å². The Balaban J connectivity index is 0.00000312. The van der Waals surface area contributed by atoms with E-state index in [-0.39, 0.29) is 29.9 Å². The van der Waals surface area contributed by atoms with Crippen LogP contribution < -0.4 is 10.2 Å². The van der Waals surface area contributed by atoms with Crippen LogP contribution in [0, 0.1) is 0 Å². The van der Waals surface area contributed by atoms with Crippen LogP contribution in [0.3, 0.4) is 0 Å². The number of likely N-dealkylation sites (N-methyl/N-ethyl adjacent to an activating group) is 1. The number of nitrogens with zero attached hydrogens (tertiary/aromatic N) is 6. The van der Waals surface area contributed by atoms with Crippen LogP contribution in [-0.2, 0) is 11.8 Å². The third-order valence-electron chi connectivity index (χ3n) is 4.36. The first-order valence-electron chi connectivity index (χ1n) is 8.37. The van der Waals surface area contributed by atoms with Crippen molar-refractivity contribution < 1.29 is 4.79 Å². The zero-order chi connectivity index (χ0) is 17.7. The average Bonchev–Trinajstić information content (AvgIpc) is 2.97. The van der Waals surface area contributed by atoms with Crippen molar-refractivity contribution in [2.24, 2.45) is 12.0 Å². The number of hydrogen-bond donors (Lipinski definition) is 1. The number of carbonyl (C=O) groups excluding carboxylic acids is 1. The highest BCUT2D eigenvalue weighted by Gasteiger charge is 2.27. The predicted octanol–water partition coefficient (Wildman–Crippen LogP) is 0.602. The monoisotopic (exact) mass is 463 g/mol. The smallest absolute Gasteiger partial charge is 0.246 e. The second kappa shape index (κ2) is 9.95. The summed E-state index contributed by atoms with van der Waals surface area (Å²) in [6.07, 6.45) is 3.59. The van der Waals surface area contributed by atoms with Gasteiger partial charge in [-0.05, 0) is 20.9 Å². The molecule has 0 atom stereocenters. The van der Waals surface area contributed by atoms with Gasteiger partial charge in [0, 0.05) is 52.5 Å². The van der Waals surface area contributed by atoms with E-state index in [0.29, 0.717) is 19.1 Å². The van der Waals surface area contributed by atoms with Crippen molar-refractivity contribution in [1.29, 1.82) is 0 Å². The number of aliphatic imine (C=N–C) groups is 1. The van der Waals surface area contributed by atoms with E-state index in [1.165, 1.54) is 0 Å². The molecular formula is C16H30IN7O. The summed E-state index contributed by atoms with van der Waals surface area (Å²) in [4.78, 5) is 22.8. The third-order valence-corrected chi connectivity index (χ3v) is 4.36. The Kier molecular flexibility index (Phi) is 8.63. The molecule has 0 spiro atoms. The Bertz CT molecular complexity index is 587. The van der Waals surface area contributed by atoms with E-state index in [2.05, 4.69) is 41.2 Å². The van der Waals surface area contributed by atoms with Crippen LogP contribution in [0.25, 0.3) is 0 Å². The number of nitrogens with one attached hydrogen (secondary N) is 1.